The van der Waals surface area contributed by atoms with Crippen LogP contribution in [0.4, 0.5) is 4.39 Å². The van der Waals surface area contributed by atoms with Crippen LogP contribution >= 0.6 is 11.6 Å². The number of rotatable bonds is 5. The molecule has 142 valence electrons. The molecule has 0 aliphatic rings. The van der Waals surface area contributed by atoms with Crippen molar-refractivity contribution >= 4 is 21.4 Å². The third kappa shape index (κ3) is 3.83. The van der Waals surface area contributed by atoms with E-state index in [-0.39, 0.29) is 39.7 Å². The van der Waals surface area contributed by atoms with Crippen LogP contribution in [0.25, 0.3) is 23.0 Å². The molecule has 0 atom stereocenters. The van der Waals surface area contributed by atoms with Crippen molar-refractivity contribution < 1.29 is 21.7 Å². The normalized spacial score (nSPS) is 11.6. The van der Waals surface area contributed by atoms with Crippen molar-refractivity contribution in [2.24, 2.45) is 0 Å². The van der Waals surface area contributed by atoms with E-state index < -0.39 is 9.84 Å². The second-order valence-corrected chi connectivity index (χ2v) is 8.34. The SMILES string of the molecule is O=S(=O)(Cc1ccc(-c2nc(-c3ccc(F)cc3)no2)o1)c1ccc(Cl)cc1. The van der Waals surface area contributed by atoms with Crippen LogP contribution in [-0.4, -0.2) is 18.6 Å². The Morgan fingerprint density at radius 3 is 2.39 bits per heavy atom. The van der Waals surface area contributed by atoms with Gasteiger partial charge in [-0.15, -0.1) is 0 Å². The molecule has 0 fully saturated rings. The minimum absolute atomic E-state index is 0.0921. The fourth-order valence-corrected chi connectivity index (χ4v) is 3.90. The first-order chi connectivity index (χ1) is 13.4. The molecule has 4 rings (SSSR count). The zero-order chi connectivity index (χ0) is 19.7. The summed E-state index contributed by atoms with van der Waals surface area (Å²) in [6.07, 6.45) is 0. The van der Waals surface area contributed by atoms with E-state index in [0.29, 0.717) is 10.6 Å². The second-order valence-electron chi connectivity index (χ2n) is 5.91. The standard InChI is InChI=1S/C19H12ClFN2O4S/c20-13-3-8-16(9-4-13)28(24,25)11-15-7-10-17(26-15)19-22-18(23-27-19)12-1-5-14(21)6-2-12/h1-10H,11H2. The molecule has 2 heterocycles. The van der Waals surface area contributed by atoms with Crippen molar-refractivity contribution in [3.63, 3.8) is 0 Å². The number of benzene rings is 2. The highest BCUT2D eigenvalue weighted by molar-refractivity contribution is 7.90. The summed E-state index contributed by atoms with van der Waals surface area (Å²) in [6, 6.07) is 14.6. The average Bonchev–Trinajstić information content (AvgIpc) is 3.32. The Bertz CT molecular complexity index is 1220. The van der Waals surface area contributed by atoms with Crippen LogP contribution in [0.5, 0.6) is 0 Å². The zero-order valence-electron chi connectivity index (χ0n) is 14.2. The van der Waals surface area contributed by atoms with Gasteiger partial charge in [0, 0.05) is 10.6 Å². The number of furan rings is 1. The lowest BCUT2D eigenvalue weighted by molar-refractivity contribution is 0.413. The third-order valence-electron chi connectivity index (χ3n) is 3.91. The van der Waals surface area contributed by atoms with Gasteiger partial charge >= 0.3 is 0 Å². The predicted molar refractivity (Wildman–Crippen MR) is 99.7 cm³/mol. The lowest BCUT2D eigenvalue weighted by Crippen LogP contribution is -2.03. The predicted octanol–water partition coefficient (Wildman–Crippen LogP) is 4.76. The summed E-state index contributed by atoms with van der Waals surface area (Å²) in [6.45, 7) is 0. The van der Waals surface area contributed by atoms with Gasteiger partial charge in [0.1, 0.15) is 17.3 Å². The van der Waals surface area contributed by atoms with Crippen LogP contribution in [0, 0.1) is 5.82 Å². The van der Waals surface area contributed by atoms with Crippen molar-refractivity contribution in [1.29, 1.82) is 0 Å². The highest BCUT2D eigenvalue weighted by Gasteiger charge is 2.20. The average molecular weight is 419 g/mol. The summed E-state index contributed by atoms with van der Waals surface area (Å²) in [5, 5.41) is 4.28. The summed E-state index contributed by atoms with van der Waals surface area (Å²) in [5.74, 6) is 0.128. The van der Waals surface area contributed by atoms with Crippen LogP contribution in [0.15, 0.2) is 74.5 Å². The van der Waals surface area contributed by atoms with E-state index in [1.54, 1.807) is 6.07 Å². The summed E-state index contributed by atoms with van der Waals surface area (Å²) >= 11 is 5.79. The molecule has 0 unspecified atom stereocenters. The lowest BCUT2D eigenvalue weighted by Gasteiger charge is -2.02. The van der Waals surface area contributed by atoms with Gasteiger partial charge in [-0.1, -0.05) is 16.8 Å². The number of halogens is 2. The molecule has 2 aromatic heterocycles. The zero-order valence-corrected chi connectivity index (χ0v) is 15.7. The summed E-state index contributed by atoms with van der Waals surface area (Å²) in [7, 11) is -3.60. The quantitative estimate of drug-likeness (QED) is 0.464. The highest BCUT2D eigenvalue weighted by atomic mass is 35.5. The molecule has 0 aliphatic heterocycles. The van der Waals surface area contributed by atoms with Gasteiger partial charge in [0.25, 0.3) is 5.89 Å². The fourth-order valence-electron chi connectivity index (χ4n) is 2.52. The van der Waals surface area contributed by atoms with Gasteiger partial charge in [-0.25, -0.2) is 12.8 Å². The van der Waals surface area contributed by atoms with E-state index in [0.717, 1.165) is 0 Å². The van der Waals surface area contributed by atoms with Crippen molar-refractivity contribution in [2.75, 3.05) is 0 Å². The van der Waals surface area contributed by atoms with Crippen molar-refractivity contribution in [3.8, 4) is 23.0 Å². The van der Waals surface area contributed by atoms with E-state index in [1.165, 1.54) is 54.6 Å². The molecule has 6 nitrogen and oxygen atoms in total. The number of nitrogens with zero attached hydrogens (tertiary/aromatic N) is 2. The van der Waals surface area contributed by atoms with E-state index in [9.17, 15) is 12.8 Å². The molecule has 0 N–H and O–H groups in total. The summed E-state index contributed by atoms with van der Waals surface area (Å²) in [5.41, 5.74) is 0.577. The van der Waals surface area contributed by atoms with Gasteiger partial charge in [-0.2, -0.15) is 4.98 Å². The number of hydrogen-bond donors (Lipinski definition) is 0. The summed E-state index contributed by atoms with van der Waals surface area (Å²) < 4.78 is 48.7. The number of aromatic nitrogens is 2. The molecule has 0 bridgehead atoms. The molecule has 9 heteroatoms. The minimum Gasteiger partial charge on any atom is -0.455 e. The van der Waals surface area contributed by atoms with Crippen molar-refractivity contribution in [3.05, 3.63) is 77.3 Å². The molecule has 0 radical (unpaired) electrons. The van der Waals surface area contributed by atoms with Crippen LogP contribution in [0.3, 0.4) is 0 Å². The Balaban J connectivity index is 1.55. The molecule has 0 aliphatic carbocycles. The maximum Gasteiger partial charge on any atom is 0.293 e. The van der Waals surface area contributed by atoms with E-state index in [4.69, 9.17) is 20.5 Å². The second kappa shape index (κ2) is 7.21. The van der Waals surface area contributed by atoms with Gasteiger partial charge in [-0.05, 0) is 60.7 Å². The lowest BCUT2D eigenvalue weighted by atomic mass is 10.2. The Morgan fingerprint density at radius 1 is 0.964 bits per heavy atom. The van der Waals surface area contributed by atoms with Gasteiger partial charge in [0.15, 0.2) is 15.6 Å². The maximum atomic E-state index is 13.0. The van der Waals surface area contributed by atoms with Gasteiger partial charge in [0.05, 0.1) is 4.90 Å². The molecule has 28 heavy (non-hydrogen) atoms. The molecule has 0 spiro atoms. The first-order valence-corrected chi connectivity index (χ1v) is 10.1. The molecular weight excluding hydrogens is 407 g/mol. The van der Waals surface area contributed by atoms with Gasteiger partial charge < -0.3 is 8.94 Å². The van der Waals surface area contributed by atoms with Crippen LogP contribution in [0.1, 0.15) is 5.76 Å². The molecule has 0 saturated heterocycles. The smallest absolute Gasteiger partial charge is 0.293 e. The van der Waals surface area contributed by atoms with Gasteiger partial charge in [0.2, 0.25) is 5.82 Å². The first kappa shape index (κ1) is 18.4. The number of hydrogen-bond acceptors (Lipinski definition) is 6. The largest absolute Gasteiger partial charge is 0.455 e. The van der Waals surface area contributed by atoms with Crippen LogP contribution < -0.4 is 0 Å². The van der Waals surface area contributed by atoms with Crippen molar-refractivity contribution in [2.45, 2.75) is 10.6 Å². The Labute approximate surface area is 164 Å². The maximum absolute atomic E-state index is 13.0. The first-order valence-electron chi connectivity index (χ1n) is 8.08. The fraction of sp³-hybridized carbons (Fsp3) is 0.0526. The van der Waals surface area contributed by atoms with E-state index >= 15 is 0 Å². The van der Waals surface area contributed by atoms with Crippen LogP contribution in [0.2, 0.25) is 5.02 Å². The van der Waals surface area contributed by atoms with E-state index in [2.05, 4.69) is 10.1 Å². The Hall–Kier alpha value is -2.97. The highest BCUT2D eigenvalue weighted by Crippen LogP contribution is 2.26. The monoisotopic (exact) mass is 418 g/mol. The molecule has 4 aromatic rings. The van der Waals surface area contributed by atoms with E-state index in [1.807, 2.05) is 0 Å². The summed E-state index contributed by atoms with van der Waals surface area (Å²) in [4.78, 5) is 4.34. The number of sulfone groups is 1. The molecule has 2 aromatic carbocycles. The minimum atomic E-state index is -3.60. The topological polar surface area (TPSA) is 86.2 Å². The Morgan fingerprint density at radius 2 is 1.68 bits per heavy atom. The molecular formula is C19H12ClFN2O4S. The Kier molecular flexibility index (Phi) is 4.74. The van der Waals surface area contributed by atoms with Crippen molar-refractivity contribution in [1.82, 2.24) is 10.1 Å². The van der Waals surface area contributed by atoms with Crippen LogP contribution in [-0.2, 0) is 15.6 Å². The van der Waals surface area contributed by atoms with Gasteiger partial charge in [-0.3, -0.25) is 0 Å². The third-order valence-corrected chi connectivity index (χ3v) is 5.81. The molecule has 0 amide bonds. The molecule has 0 saturated carbocycles.